The van der Waals surface area contributed by atoms with Gasteiger partial charge in [0.1, 0.15) is 11.9 Å². The van der Waals surface area contributed by atoms with Crippen LogP contribution < -0.4 is 21.6 Å². The van der Waals surface area contributed by atoms with Gasteiger partial charge in [0, 0.05) is 29.5 Å². The number of aromatic nitrogens is 1. The molecule has 1 saturated carbocycles. The molecule has 3 aromatic rings. The minimum atomic E-state index is -4.48. The van der Waals surface area contributed by atoms with Crippen LogP contribution in [0.1, 0.15) is 43.4 Å². The molecule has 0 radical (unpaired) electrons. The van der Waals surface area contributed by atoms with E-state index in [0.29, 0.717) is 39.5 Å². The van der Waals surface area contributed by atoms with Crippen molar-refractivity contribution in [1.82, 2.24) is 21.0 Å². The zero-order chi connectivity index (χ0) is 31.4. The second-order valence-corrected chi connectivity index (χ2v) is 11.0. The van der Waals surface area contributed by atoms with Gasteiger partial charge in [-0.2, -0.15) is 18.4 Å². The molecule has 44 heavy (non-hydrogen) atoms. The summed E-state index contributed by atoms with van der Waals surface area (Å²) < 4.78 is 55.0. The van der Waals surface area contributed by atoms with Gasteiger partial charge < -0.3 is 16.1 Å². The Kier molecular flexibility index (Phi) is 9.13. The summed E-state index contributed by atoms with van der Waals surface area (Å²) in [7, 11) is 0. The molecule has 5 rings (SSSR count). The third kappa shape index (κ3) is 7.33. The molecular formula is C32H30ClF4N7. The quantitative estimate of drug-likeness (QED) is 0.127. The van der Waals surface area contributed by atoms with Crippen LogP contribution in [0.15, 0.2) is 96.8 Å². The summed E-state index contributed by atoms with van der Waals surface area (Å²) in [5, 5.41) is 18.8. The molecule has 0 spiro atoms. The fourth-order valence-electron chi connectivity index (χ4n) is 4.88. The maximum atomic E-state index is 13.9. The first-order valence-corrected chi connectivity index (χ1v) is 14.3. The molecule has 1 aliphatic carbocycles. The summed E-state index contributed by atoms with van der Waals surface area (Å²) in [5.74, 6) is -0.428. The SMILES string of the molecule is C=C(/C=C\C(F)=C/C)[C@H](Nc1cc(Cl)c2ncc(C#N)c(NC(CC(F)(F)F)c3ccccc3)c2c1)C1=CN(C2CC2)NN1. The maximum Gasteiger partial charge on any atom is 0.391 e. The van der Waals surface area contributed by atoms with E-state index in [1.165, 1.54) is 18.3 Å². The van der Waals surface area contributed by atoms with E-state index in [9.17, 15) is 22.8 Å². The van der Waals surface area contributed by atoms with Crippen LogP contribution in [0.5, 0.6) is 0 Å². The van der Waals surface area contributed by atoms with Crippen LogP contribution in [-0.2, 0) is 0 Å². The molecule has 2 heterocycles. The molecule has 1 aromatic heterocycles. The Hall–Kier alpha value is -4.53. The molecule has 0 bridgehead atoms. The first-order chi connectivity index (χ1) is 21.1. The molecule has 0 saturated heterocycles. The van der Waals surface area contributed by atoms with Crippen molar-refractivity contribution in [2.45, 2.75) is 50.5 Å². The fourth-order valence-corrected chi connectivity index (χ4v) is 5.15. The summed E-state index contributed by atoms with van der Waals surface area (Å²) in [6.45, 7) is 5.73. The van der Waals surface area contributed by atoms with E-state index in [4.69, 9.17) is 11.6 Å². The minimum absolute atomic E-state index is 0.0592. The van der Waals surface area contributed by atoms with Crippen molar-refractivity contribution >= 4 is 33.9 Å². The highest BCUT2D eigenvalue weighted by Crippen LogP contribution is 2.39. The van der Waals surface area contributed by atoms with Crippen molar-refractivity contribution in [2.75, 3.05) is 10.6 Å². The number of allylic oxidation sites excluding steroid dienone is 3. The van der Waals surface area contributed by atoms with Crippen molar-refractivity contribution < 1.29 is 17.6 Å². The number of pyridine rings is 1. The Labute approximate surface area is 257 Å². The van der Waals surface area contributed by atoms with Crippen molar-refractivity contribution in [3.63, 3.8) is 0 Å². The van der Waals surface area contributed by atoms with Crippen LogP contribution >= 0.6 is 11.6 Å². The second-order valence-electron chi connectivity index (χ2n) is 10.6. The number of hydrogen-bond donors (Lipinski definition) is 4. The van der Waals surface area contributed by atoms with Gasteiger partial charge in [0.25, 0.3) is 0 Å². The zero-order valence-electron chi connectivity index (χ0n) is 23.7. The van der Waals surface area contributed by atoms with E-state index in [2.05, 4.69) is 33.2 Å². The Morgan fingerprint density at radius 2 is 1.98 bits per heavy atom. The zero-order valence-corrected chi connectivity index (χ0v) is 24.5. The van der Waals surface area contributed by atoms with Crippen LogP contribution in [0.4, 0.5) is 28.9 Å². The largest absolute Gasteiger partial charge is 0.391 e. The average Bonchev–Trinajstić information content (AvgIpc) is 3.74. The average molecular weight is 624 g/mol. The molecule has 2 atom stereocenters. The highest BCUT2D eigenvalue weighted by Gasteiger charge is 2.34. The van der Waals surface area contributed by atoms with Crippen LogP contribution in [0.2, 0.25) is 5.02 Å². The van der Waals surface area contributed by atoms with Gasteiger partial charge in [0.2, 0.25) is 0 Å². The summed E-state index contributed by atoms with van der Waals surface area (Å²) in [6.07, 6.45) is 3.84. The number of fused-ring (bicyclic) bond motifs is 1. The van der Waals surface area contributed by atoms with Gasteiger partial charge in [-0.05, 0) is 49.1 Å². The van der Waals surface area contributed by atoms with Crippen molar-refractivity contribution in [2.24, 2.45) is 0 Å². The molecule has 2 aromatic carbocycles. The number of rotatable bonds is 11. The topological polar surface area (TPSA) is 88.0 Å². The molecule has 7 nitrogen and oxygen atoms in total. The summed E-state index contributed by atoms with van der Waals surface area (Å²) in [6, 6.07) is 12.2. The highest BCUT2D eigenvalue weighted by molar-refractivity contribution is 6.35. The number of benzene rings is 2. The number of anilines is 2. The van der Waals surface area contributed by atoms with Crippen LogP contribution in [0.25, 0.3) is 10.9 Å². The number of halogens is 5. The molecule has 0 amide bonds. The number of nitriles is 1. The smallest absolute Gasteiger partial charge is 0.376 e. The van der Waals surface area contributed by atoms with E-state index in [-0.39, 0.29) is 16.3 Å². The first-order valence-electron chi connectivity index (χ1n) is 13.9. The molecule has 1 fully saturated rings. The first kappa shape index (κ1) is 30.9. The fraction of sp³-hybridized carbons (Fsp3) is 0.250. The van der Waals surface area contributed by atoms with Gasteiger partial charge >= 0.3 is 6.18 Å². The molecule has 12 heteroatoms. The molecule has 1 unspecified atom stereocenters. The Bertz CT molecular complexity index is 1670. The number of alkyl halides is 3. The third-order valence-corrected chi connectivity index (χ3v) is 7.56. The Morgan fingerprint density at radius 1 is 1.23 bits per heavy atom. The van der Waals surface area contributed by atoms with Crippen LogP contribution in [0.3, 0.4) is 0 Å². The predicted molar refractivity (Wildman–Crippen MR) is 165 cm³/mol. The maximum absolute atomic E-state index is 13.9. The number of nitrogens with one attached hydrogen (secondary N) is 4. The molecular weight excluding hydrogens is 594 g/mol. The van der Waals surface area contributed by atoms with Gasteiger partial charge in [0.05, 0.1) is 46.0 Å². The van der Waals surface area contributed by atoms with Gasteiger partial charge in [-0.25, -0.2) is 4.39 Å². The van der Waals surface area contributed by atoms with E-state index in [1.54, 1.807) is 55.5 Å². The van der Waals surface area contributed by atoms with Crippen LogP contribution in [0, 0.1) is 11.3 Å². The summed E-state index contributed by atoms with van der Waals surface area (Å²) >= 11 is 6.67. The van der Waals surface area contributed by atoms with E-state index < -0.39 is 30.5 Å². The minimum Gasteiger partial charge on any atom is -0.376 e. The van der Waals surface area contributed by atoms with Crippen molar-refractivity contribution in [1.29, 1.82) is 5.26 Å². The van der Waals surface area contributed by atoms with Gasteiger partial charge in [0.15, 0.2) is 0 Å². The lowest BCUT2D eigenvalue weighted by molar-refractivity contribution is -0.137. The third-order valence-electron chi connectivity index (χ3n) is 7.27. The molecule has 2 aliphatic rings. The molecule has 4 N–H and O–H groups in total. The number of hydrazine groups is 2. The van der Waals surface area contributed by atoms with E-state index in [0.717, 1.165) is 12.8 Å². The van der Waals surface area contributed by atoms with E-state index >= 15 is 0 Å². The molecule has 1 aliphatic heterocycles. The normalized spacial score (nSPS) is 16.8. The highest BCUT2D eigenvalue weighted by atomic mass is 35.5. The lowest BCUT2D eigenvalue weighted by Crippen LogP contribution is -2.40. The summed E-state index contributed by atoms with van der Waals surface area (Å²) in [5.41, 5.74) is 8.91. The Balaban J connectivity index is 1.56. The second kappa shape index (κ2) is 13.0. The lowest BCUT2D eigenvalue weighted by atomic mass is 10.0. The number of nitrogens with zero attached hydrogens (tertiary/aromatic N) is 3. The van der Waals surface area contributed by atoms with Crippen LogP contribution in [-0.4, -0.2) is 28.3 Å². The Morgan fingerprint density at radius 3 is 2.64 bits per heavy atom. The predicted octanol–water partition coefficient (Wildman–Crippen LogP) is 7.96. The monoisotopic (exact) mass is 623 g/mol. The van der Waals surface area contributed by atoms with Gasteiger partial charge in [-0.1, -0.05) is 60.7 Å². The standard InChI is InChI=1S/C32H30ClF4N7/c1-3-22(34)10-9-19(2)29(28-18-44(43-42-28)24-11-12-24)40-23-13-25-30(21(16-38)17-39-31(25)26(33)14-23)41-27(15-32(35,36)37)20-7-5-4-6-8-20/h3-10,13-14,17-18,24,27,29,40,42-43H,2,11-12,15H2,1H3,(H,39,41)/b10-9-,22-3+/t27?,29-/m0/s1. The van der Waals surface area contributed by atoms with Crippen molar-refractivity contribution in [3.8, 4) is 6.07 Å². The van der Waals surface area contributed by atoms with Crippen molar-refractivity contribution in [3.05, 3.63) is 113 Å². The van der Waals surface area contributed by atoms with Gasteiger partial charge in [-0.3, -0.25) is 9.99 Å². The van der Waals surface area contributed by atoms with Gasteiger partial charge in [-0.15, -0.1) is 5.53 Å². The molecule has 228 valence electrons. The number of hydrogen-bond acceptors (Lipinski definition) is 7. The summed E-state index contributed by atoms with van der Waals surface area (Å²) in [4.78, 5) is 4.33. The lowest BCUT2D eigenvalue weighted by Gasteiger charge is -2.25. The van der Waals surface area contributed by atoms with E-state index in [1.807, 2.05) is 17.3 Å².